The highest BCUT2D eigenvalue weighted by Crippen LogP contribution is 2.26. The smallest absolute Gasteiger partial charge is 0.0626 e. The molecule has 1 unspecified atom stereocenters. The van der Waals surface area contributed by atoms with Gasteiger partial charge in [0.25, 0.3) is 0 Å². The van der Waals surface area contributed by atoms with Crippen LogP contribution in [0.3, 0.4) is 0 Å². The van der Waals surface area contributed by atoms with E-state index in [1.807, 2.05) is 25.1 Å². The molecular formula is C12H16ClNO. The van der Waals surface area contributed by atoms with Crippen molar-refractivity contribution in [1.29, 1.82) is 0 Å². The summed E-state index contributed by atoms with van der Waals surface area (Å²) >= 11 is 6.06. The van der Waals surface area contributed by atoms with Gasteiger partial charge in [-0.15, -0.1) is 0 Å². The SMILES string of the molecule is Cc1ccc(C(CO)NC2CC2)cc1Cl. The molecule has 0 bridgehead atoms. The van der Waals surface area contributed by atoms with Crippen molar-refractivity contribution in [2.75, 3.05) is 6.61 Å². The Morgan fingerprint density at radius 2 is 2.27 bits per heavy atom. The van der Waals surface area contributed by atoms with Gasteiger partial charge >= 0.3 is 0 Å². The number of benzene rings is 1. The second kappa shape index (κ2) is 4.52. The van der Waals surface area contributed by atoms with Gasteiger partial charge in [0.15, 0.2) is 0 Å². The summed E-state index contributed by atoms with van der Waals surface area (Å²) in [5, 5.41) is 13.5. The number of rotatable bonds is 4. The van der Waals surface area contributed by atoms with Gasteiger partial charge in [0.05, 0.1) is 12.6 Å². The summed E-state index contributed by atoms with van der Waals surface area (Å²) in [5.41, 5.74) is 2.14. The molecule has 3 heteroatoms. The first kappa shape index (κ1) is 10.9. The van der Waals surface area contributed by atoms with E-state index in [-0.39, 0.29) is 12.6 Å². The summed E-state index contributed by atoms with van der Waals surface area (Å²) in [7, 11) is 0. The Bertz CT molecular complexity index is 349. The second-order valence-electron chi connectivity index (χ2n) is 4.18. The highest BCUT2D eigenvalue weighted by atomic mass is 35.5. The van der Waals surface area contributed by atoms with Crippen molar-refractivity contribution < 1.29 is 5.11 Å². The Hall–Kier alpha value is -0.570. The van der Waals surface area contributed by atoms with Gasteiger partial charge in [0.2, 0.25) is 0 Å². The maximum atomic E-state index is 9.31. The molecule has 1 atom stereocenters. The molecular weight excluding hydrogens is 210 g/mol. The van der Waals surface area contributed by atoms with Crippen LogP contribution in [0.15, 0.2) is 18.2 Å². The molecule has 1 aromatic rings. The quantitative estimate of drug-likeness (QED) is 0.825. The van der Waals surface area contributed by atoms with Crippen LogP contribution >= 0.6 is 11.6 Å². The standard InChI is InChI=1S/C12H16ClNO/c1-8-2-3-9(6-11(8)13)12(7-15)14-10-4-5-10/h2-3,6,10,12,14-15H,4-5,7H2,1H3. The molecule has 2 nitrogen and oxygen atoms in total. The van der Waals surface area contributed by atoms with Crippen LogP contribution in [0.2, 0.25) is 5.02 Å². The fourth-order valence-electron chi connectivity index (χ4n) is 1.61. The first-order chi connectivity index (χ1) is 7.20. The predicted octanol–water partition coefficient (Wildman–Crippen LogP) is 2.43. The molecule has 0 aliphatic heterocycles. The first-order valence-corrected chi connectivity index (χ1v) is 5.71. The predicted molar refractivity (Wildman–Crippen MR) is 62.2 cm³/mol. The monoisotopic (exact) mass is 225 g/mol. The van der Waals surface area contributed by atoms with Crippen LogP contribution in [0.4, 0.5) is 0 Å². The molecule has 0 saturated heterocycles. The fraction of sp³-hybridized carbons (Fsp3) is 0.500. The number of hydrogen-bond donors (Lipinski definition) is 2. The lowest BCUT2D eigenvalue weighted by atomic mass is 10.1. The summed E-state index contributed by atoms with van der Waals surface area (Å²) < 4.78 is 0. The third kappa shape index (κ3) is 2.71. The van der Waals surface area contributed by atoms with Crippen LogP contribution in [0, 0.1) is 6.92 Å². The zero-order chi connectivity index (χ0) is 10.8. The van der Waals surface area contributed by atoms with Crippen molar-refractivity contribution in [3.05, 3.63) is 34.3 Å². The van der Waals surface area contributed by atoms with E-state index in [0.29, 0.717) is 6.04 Å². The van der Waals surface area contributed by atoms with Gasteiger partial charge in [0.1, 0.15) is 0 Å². The van der Waals surface area contributed by atoms with Gasteiger partial charge < -0.3 is 10.4 Å². The molecule has 2 rings (SSSR count). The Morgan fingerprint density at radius 1 is 1.53 bits per heavy atom. The van der Waals surface area contributed by atoms with Crippen molar-refractivity contribution >= 4 is 11.6 Å². The summed E-state index contributed by atoms with van der Waals surface area (Å²) in [6, 6.07) is 6.57. The van der Waals surface area contributed by atoms with Crippen LogP contribution < -0.4 is 5.32 Å². The van der Waals surface area contributed by atoms with Crippen LogP contribution in [0.1, 0.15) is 30.0 Å². The van der Waals surface area contributed by atoms with Gasteiger partial charge in [-0.2, -0.15) is 0 Å². The average Bonchev–Trinajstić information content (AvgIpc) is 3.02. The molecule has 1 aromatic carbocycles. The maximum Gasteiger partial charge on any atom is 0.0626 e. The number of aliphatic hydroxyl groups excluding tert-OH is 1. The van der Waals surface area contributed by atoms with E-state index in [0.717, 1.165) is 16.1 Å². The summed E-state index contributed by atoms with van der Waals surface area (Å²) in [6.45, 7) is 2.10. The number of hydrogen-bond acceptors (Lipinski definition) is 2. The largest absolute Gasteiger partial charge is 0.394 e. The molecule has 0 amide bonds. The van der Waals surface area contributed by atoms with Gasteiger partial charge in [-0.05, 0) is 37.0 Å². The Morgan fingerprint density at radius 3 is 2.80 bits per heavy atom. The van der Waals surface area contributed by atoms with Gasteiger partial charge in [-0.1, -0.05) is 23.7 Å². The highest BCUT2D eigenvalue weighted by molar-refractivity contribution is 6.31. The number of aryl methyl sites for hydroxylation is 1. The third-order valence-corrected chi connectivity index (χ3v) is 3.20. The zero-order valence-electron chi connectivity index (χ0n) is 8.83. The Balaban J connectivity index is 2.13. The molecule has 82 valence electrons. The lowest BCUT2D eigenvalue weighted by Crippen LogP contribution is -2.26. The van der Waals surface area contributed by atoms with Gasteiger partial charge in [0, 0.05) is 11.1 Å². The second-order valence-corrected chi connectivity index (χ2v) is 4.59. The Labute approximate surface area is 95.3 Å². The highest BCUT2D eigenvalue weighted by Gasteiger charge is 2.25. The van der Waals surface area contributed by atoms with Crippen LogP contribution in [-0.4, -0.2) is 17.8 Å². The molecule has 15 heavy (non-hydrogen) atoms. The summed E-state index contributed by atoms with van der Waals surface area (Å²) in [6.07, 6.45) is 2.44. The first-order valence-electron chi connectivity index (χ1n) is 5.33. The van der Waals surface area contributed by atoms with E-state index < -0.39 is 0 Å². The van der Waals surface area contributed by atoms with Crippen molar-refractivity contribution in [2.24, 2.45) is 0 Å². The van der Waals surface area contributed by atoms with Crippen LogP contribution in [0.5, 0.6) is 0 Å². The summed E-state index contributed by atoms with van der Waals surface area (Å²) in [5.74, 6) is 0. The normalized spacial score (nSPS) is 17.8. The van der Waals surface area contributed by atoms with E-state index in [1.165, 1.54) is 12.8 Å². The third-order valence-electron chi connectivity index (χ3n) is 2.80. The fourth-order valence-corrected chi connectivity index (χ4v) is 1.80. The maximum absolute atomic E-state index is 9.31. The minimum absolute atomic E-state index is 0.0237. The minimum atomic E-state index is 0.0237. The van der Waals surface area contributed by atoms with Crippen molar-refractivity contribution in [2.45, 2.75) is 31.8 Å². The molecule has 0 aromatic heterocycles. The van der Waals surface area contributed by atoms with Gasteiger partial charge in [-0.3, -0.25) is 0 Å². The Kier molecular flexibility index (Phi) is 3.29. The van der Waals surface area contributed by atoms with E-state index in [9.17, 15) is 5.11 Å². The molecule has 1 aliphatic rings. The van der Waals surface area contributed by atoms with Crippen LogP contribution in [0.25, 0.3) is 0 Å². The van der Waals surface area contributed by atoms with E-state index in [1.54, 1.807) is 0 Å². The van der Waals surface area contributed by atoms with Crippen molar-refractivity contribution in [3.8, 4) is 0 Å². The van der Waals surface area contributed by atoms with Crippen molar-refractivity contribution in [1.82, 2.24) is 5.32 Å². The zero-order valence-corrected chi connectivity index (χ0v) is 9.59. The number of aliphatic hydroxyl groups is 1. The molecule has 2 N–H and O–H groups in total. The molecule has 1 fully saturated rings. The average molecular weight is 226 g/mol. The topological polar surface area (TPSA) is 32.3 Å². The van der Waals surface area contributed by atoms with Crippen LogP contribution in [-0.2, 0) is 0 Å². The minimum Gasteiger partial charge on any atom is -0.394 e. The molecule has 0 heterocycles. The molecule has 1 aliphatic carbocycles. The summed E-state index contributed by atoms with van der Waals surface area (Å²) in [4.78, 5) is 0. The van der Waals surface area contributed by atoms with E-state index in [2.05, 4.69) is 5.32 Å². The van der Waals surface area contributed by atoms with Gasteiger partial charge in [-0.25, -0.2) is 0 Å². The molecule has 1 saturated carbocycles. The molecule has 0 radical (unpaired) electrons. The van der Waals surface area contributed by atoms with E-state index >= 15 is 0 Å². The lowest BCUT2D eigenvalue weighted by molar-refractivity contribution is 0.243. The lowest BCUT2D eigenvalue weighted by Gasteiger charge is -2.17. The van der Waals surface area contributed by atoms with Crippen molar-refractivity contribution in [3.63, 3.8) is 0 Å². The number of halogens is 1. The molecule has 0 spiro atoms. The number of nitrogens with one attached hydrogen (secondary N) is 1. The van der Waals surface area contributed by atoms with E-state index in [4.69, 9.17) is 11.6 Å².